The van der Waals surface area contributed by atoms with Crippen molar-refractivity contribution >= 4 is 30.8 Å². The fraction of sp³-hybridized carbons (Fsp3) is 0.320. The van der Waals surface area contributed by atoms with E-state index >= 15 is 0 Å². The lowest BCUT2D eigenvalue weighted by Crippen LogP contribution is -2.39. The maximum absolute atomic E-state index is 13.2. The molecule has 0 aliphatic heterocycles. The molecule has 0 aliphatic carbocycles. The highest BCUT2D eigenvalue weighted by molar-refractivity contribution is 6.88. The second-order valence-corrected chi connectivity index (χ2v) is 14.2. The van der Waals surface area contributed by atoms with Gasteiger partial charge in [-0.25, -0.2) is 0 Å². The third-order valence-electron chi connectivity index (χ3n) is 5.62. The zero-order valence-electron chi connectivity index (χ0n) is 20.3. The van der Waals surface area contributed by atoms with Gasteiger partial charge in [0.1, 0.15) is 11.8 Å². The number of aromatic nitrogens is 2. The Morgan fingerprint density at radius 1 is 1.06 bits per heavy atom. The van der Waals surface area contributed by atoms with Crippen LogP contribution in [0.2, 0.25) is 19.6 Å². The highest BCUT2D eigenvalue weighted by Gasteiger charge is 2.24. The van der Waals surface area contributed by atoms with Gasteiger partial charge in [-0.3, -0.25) is 19.1 Å². The van der Waals surface area contributed by atoms with Crippen molar-refractivity contribution in [2.45, 2.75) is 45.6 Å². The van der Waals surface area contributed by atoms with Gasteiger partial charge in [-0.05, 0) is 36.8 Å². The molecule has 34 heavy (non-hydrogen) atoms. The Morgan fingerprint density at radius 2 is 1.71 bits per heavy atom. The highest BCUT2D eigenvalue weighted by Crippen LogP contribution is 2.20. The summed E-state index contributed by atoms with van der Waals surface area (Å²) in [6.07, 6.45) is 1.39. The van der Waals surface area contributed by atoms with Gasteiger partial charge in [0.2, 0.25) is 5.91 Å². The minimum absolute atomic E-state index is 0.132. The Hall–Kier alpha value is -3.59. The quantitative estimate of drug-likeness (QED) is 0.410. The van der Waals surface area contributed by atoms with Crippen LogP contribution in [-0.4, -0.2) is 36.8 Å². The molecule has 2 aromatic carbocycles. The molecule has 0 aliphatic rings. The zero-order valence-corrected chi connectivity index (χ0v) is 21.3. The molecule has 1 aromatic heterocycles. The normalized spacial score (nSPS) is 12.1. The molecule has 9 heteroatoms. The van der Waals surface area contributed by atoms with Crippen molar-refractivity contribution in [2.24, 2.45) is 0 Å². The summed E-state index contributed by atoms with van der Waals surface area (Å²) >= 11 is 0. The number of ether oxygens (including phenoxy) is 1. The summed E-state index contributed by atoms with van der Waals surface area (Å²) in [6, 6.07) is 13.8. The number of rotatable bonds is 9. The lowest BCUT2D eigenvalue weighted by molar-refractivity contribution is -0.126. The van der Waals surface area contributed by atoms with Crippen LogP contribution in [0.25, 0.3) is 0 Å². The monoisotopic (exact) mass is 480 g/mol. The molecule has 180 valence electrons. The first-order chi connectivity index (χ1) is 16.1. The van der Waals surface area contributed by atoms with E-state index in [9.17, 15) is 14.4 Å². The van der Waals surface area contributed by atoms with Crippen LogP contribution in [0.1, 0.15) is 24.1 Å². The molecule has 3 N–H and O–H groups in total. The van der Waals surface area contributed by atoms with Gasteiger partial charge >= 0.3 is 0 Å². The molecular formula is C25H32N4O4Si. The lowest BCUT2D eigenvalue weighted by Gasteiger charge is -2.20. The van der Waals surface area contributed by atoms with Crippen LogP contribution in [0.15, 0.2) is 59.5 Å². The van der Waals surface area contributed by atoms with Crippen molar-refractivity contribution in [2.75, 3.05) is 12.4 Å². The molecule has 3 rings (SSSR count). The third kappa shape index (κ3) is 6.05. The second-order valence-electron chi connectivity index (χ2n) is 9.12. The summed E-state index contributed by atoms with van der Waals surface area (Å²) < 4.78 is 6.62. The van der Waals surface area contributed by atoms with Gasteiger partial charge in [0.25, 0.3) is 11.5 Å². The number of hydrogen-bond acceptors (Lipinski definition) is 4. The Kier molecular flexibility index (Phi) is 7.78. The van der Waals surface area contributed by atoms with Gasteiger partial charge in [0.15, 0.2) is 0 Å². The number of H-pyrrole nitrogens is 1. The number of aromatic amines is 1. The van der Waals surface area contributed by atoms with E-state index in [0.717, 1.165) is 0 Å². The van der Waals surface area contributed by atoms with Crippen molar-refractivity contribution in [3.8, 4) is 5.75 Å². The van der Waals surface area contributed by atoms with Crippen LogP contribution < -0.4 is 26.1 Å². The summed E-state index contributed by atoms with van der Waals surface area (Å²) in [5.41, 5.74) is 1.35. The second kappa shape index (κ2) is 10.6. The average molecular weight is 481 g/mol. The van der Waals surface area contributed by atoms with Crippen molar-refractivity contribution in [3.63, 3.8) is 0 Å². The van der Waals surface area contributed by atoms with Crippen LogP contribution in [-0.2, 0) is 22.6 Å². The van der Waals surface area contributed by atoms with Gasteiger partial charge in [-0.1, -0.05) is 49.1 Å². The number of benzene rings is 2. The summed E-state index contributed by atoms with van der Waals surface area (Å²) in [7, 11) is 0.105. The number of nitrogens with zero attached hydrogens (tertiary/aromatic N) is 1. The number of carbonyl (C=O) groups excluding carboxylic acids is 2. The minimum Gasteiger partial charge on any atom is -0.497 e. The van der Waals surface area contributed by atoms with E-state index in [1.54, 1.807) is 31.4 Å². The van der Waals surface area contributed by atoms with Gasteiger partial charge < -0.3 is 20.5 Å². The molecular weight excluding hydrogens is 448 g/mol. The molecule has 0 saturated heterocycles. The molecule has 1 heterocycles. The molecule has 0 fully saturated rings. The SMILES string of the molecule is CCn1[nH]cc(CC(=O)NC(C(=O)Nc2ccc([Si](C)(C)C)cc2)c2ccc(OC)cc2)c1=O. The molecule has 1 unspecified atom stereocenters. The highest BCUT2D eigenvalue weighted by atomic mass is 28.3. The maximum Gasteiger partial charge on any atom is 0.270 e. The predicted molar refractivity (Wildman–Crippen MR) is 136 cm³/mol. The summed E-state index contributed by atoms with van der Waals surface area (Å²) in [5.74, 6) is -0.160. The number of aryl methyl sites for hydroxylation is 1. The van der Waals surface area contributed by atoms with Crippen LogP contribution in [0.4, 0.5) is 5.69 Å². The first-order valence-corrected chi connectivity index (χ1v) is 14.7. The Balaban J connectivity index is 1.81. The number of anilines is 1. The summed E-state index contributed by atoms with van der Waals surface area (Å²) in [4.78, 5) is 38.3. The molecule has 0 saturated carbocycles. The Bertz CT molecular complexity index is 1190. The van der Waals surface area contributed by atoms with Gasteiger partial charge in [-0.15, -0.1) is 0 Å². The number of methoxy groups -OCH3 is 1. The smallest absolute Gasteiger partial charge is 0.270 e. The molecule has 0 bridgehead atoms. The van der Waals surface area contributed by atoms with Crippen molar-refractivity contribution in [1.82, 2.24) is 15.1 Å². The third-order valence-corrected chi connectivity index (χ3v) is 7.68. The van der Waals surface area contributed by atoms with Gasteiger partial charge in [0.05, 0.1) is 21.6 Å². The molecule has 0 radical (unpaired) electrons. The van der Waals surface area contributed by atoms with Crippen LogP contribution in [0.3, 0.4) is 0 Å². The standard InChI is InChI=1S/C25H32N4O4Si/c1-6-29-25(32)18(16-26-29)15-22(30)28-23(17-7-11-20(33-2)12-8-17)24(31)27-19-9-13-21(14-10-19)34(3,4)5/h7-14,16,23,26H,6,15H2,1-5H3,(H,27,31)(H,28,30). The van der Waals surface area contributed by atoms with Crippen LogP contribution in [0.5, 0.6) is 5.75 Å². The van der Waals surface area contributed by atoms with Crippen molar-refractivity contribution in [3.05, 3.63) is 76.2 Å². The Labute approximate surface area is 200 Å². The Morgan fingerprint density at radius 3 is 2.24 bits per heavy atom. The number of amides is 2. The summed E-state index contributed by atoms with van der Waals surface area (Å²) in [6.45, 7) is 9.09. The minimum atomic E-state index is -1.46. The largest absolute Gasteiger partial charge is 0.497 e. The fourth-order valence-corrected chi connectivity index (χ4v) is 4.73. The van der Waals surface area contributed by atoms with E-state index in [0.29, 0.717) is 29.1 Å². The zero-order chi connectivity index (χ0) is 24.9. The number of hydrogen-bond donors (Lipinski definition) is 3. The fourth-order valence-electron chi connectivity index (χ4n) is 3.56. The first kappa shape index (κ1) is 25.0. The van der Waals surface area contributed by atoms with Gasteiger partial charge in [-0.2, -0.15) is 0 Å². The van der Waals surface area contributed by atoms with Crippen LogP contribution >= 0.6 is 0 Å². The lowest BCUT2D eigenvalue weighted by atomic mass is 10.0. The molecule has 2 amide bonds. The van der Waals surface area contributed by atoms with E-state index in [-0.39, 0.29) is 17.9 Å². The van der Waals surface area contributed by atoms with E-state index in [2.05, 4.69) is 35.4 Å². The first-order valence-electron chi connectivity index (χ1n) is 11.2. The number of nitrogens with one attached hydrogen (secondary N) is 3. The van der Waals surface area contributed by atoms with E-state index in [4.69, 9.17) is 4.74 Å². The van der Waals surface area contributed by atoms with Crippen LogP contribution in [0, 0.1) is 0 Å². The molecule has 3 aromatic rings. The van der Waals surface area contributed by atoms with Gasteiger partial charge in [0, 0.05) is 24.0 Å². The topological polar surface area (TPSA) is 105 Å². The van der Waals surface area contributed by atoms with Crippen molar-refractivity contribution < 1.29 is 14.3 Å². The molecule has 1 atom stereocenters. The van der Waals surface area contributed by atoms with E-state index in [1.165, 1.54) is 16.1 Å². The number of carbonyl (C=O) groups is 2. The van der Waals surface area contributed by atoms with E-state index < -0.39 is 20.0 Å². The predicted octanol–water partition coefficient (Wildman–Crippen LogP) is 2.79. The molecule has 0 spiro atoms. The molecule has 8 nitrogen and oxygen atoms in total. The maximum atomic E-state index is 13.2. The van der Waals surface area contributed by atoms with Crippen molar-refractivity contribution in [1.29, 1.82) is 0 Å². The summed E-state index contributed by atoms with van der Waals surface area (Å²) in [5, 5.41) is 9.80. The van der Waals surface area contributed by atoms with E-state index in [1.807, 2.05) is 31.2 Å². The average Bonchev–Trinajstić information content (AvgIpc) is 3.16.